The predicted octanol–water partition coefficient (Wildman–Crippen LogP) is 2.52. The van der Waals surface area contributed by atoms with Gasteiger partial charge in [-0.15, -0.1) is 0 Å². The van der Waals surface area contributed by atoms with E-state index in [-0.39, 0.29) is 48.8 Å². The lowest BCUT2D eigenvalue weighted by atomic mass is 9.73. The van der Waals surface area contributed by atoms with Crippen LogP contribution in [-0.4, -0.2) is 58.5 Å². The molecule has 2 saturated heterocycles. The van der Waals surface area contributed by atoms with E-state index in [1.165, 1.54) is 12.1 Å². The number of benzene rings is 2. The summed E-state index contributed by atoms with van der Waals surface area (Å²) in [6.45, 7) is 0.517. The highest BCUT2D eigenvalue weighted by Crippen LogP contribution is 2.43. The topological polar surface area (TPSA) is 60.9 Å². The molecule has 3 atom stereocenters. The highest BCUT2D eigenvalue weighted by molar-refractivity contribution is 5.88. The Morgan fingerprint density at radius 1 is 1.09 bits per heavy atom. The van der Waals surface area contributed by atoms with Crippen molar-refractivity contribution in [2.45, 2.75) is 37.3 Å². The van der Waals surface area contributed by atoms with Crippen molar-refractivity contribution in [2.75, 3.05) is 19.7 Å². The Bertz CT molecular complexity index is 1100. The Labute approximate surface area is 186 Å². The van der Waals surface area contributed by atoms with Gasteiger partial charge >= 0.3 is 0 Å². The van der Waals surface area contributed by atoms with Gasteiger partial charge < -0.3 is 14.9 Å². The number of carbonyl (C=O) groups is 2. The van der Waals surface area contributed by atoms with Gasteiger partial charge in [0.15, 0.2) is 0 Å². The number of aliphatic hydroxyl groups excluding tert-OH is 1. The molecule has 2 aromatic rings. The van der Waals surface area contributed by atoms with Crippen LogP contribution in [0.1, 0.15) is 41.9 Å². The van der Waals surface area contributed by atoms with Crippen LogP contribution in [0.5, 0.6) is 0 Å². The van der Waals surface area contributed by atoms with Crippen molar-refractivity contribution in [1.29, 1.82) is 0 Å². The Morgan fingerprint density at radius 2 is 1.84 bits per heavy atom. The van der Waals surface area contributed by atoms with Crippen LogP contribution in [0.2, 0.25) is 0 Å². The smallest absolute Gasteiger partial charge is 0.242 e. The molecule has 6 heteroatoms. The largest absolute Gasteiger partial charge is 0.394 e. The van der Waals surface area contributed by atoms with E-state index in [9.17, 15) is 19.1 Å². The molecule has 2 amide bonds. The lowest BCUT2D eigenvalue weighted by Gasteiger charge is -2.58. The number of fused-ring (bicyclic) bond motifs is 1. The number of aliphatic hydroxyl groups is 1. The van der Waals surface area contributed by atoms with Crippen LogP contribution in [0.15, 0.2) is 48.5 Å². The fraction of sp³-hybridized carbons (Fsp3) is 0.385. The molecular weight excluding hydrogens is 407 g/mol. The molecule has 0 aromatic heterocycles. The first kappa shape index (κ1) is 20.7. The summed E-state index contributed by atoms with van der Waals surface area (Å²) in [5.41, 5.74) is 2.43. The van der Waals surface area contributed by atoms with Crippen LogP contribution in [0.3, 0.4) is 0 Å². The summed E-state index contributed by atoms with van der Waals surface area (Å²) in [5, 5.41) is 9.94. The van der Waals surface area contributed by atoms with Crippen molar-refractivity contribution in [3.8, 4) is 11.8 Å². The second-order valence-electron chi connectivity index (χ2n) is 8.95. The lowest BCUT2D eigenvalue weighted by molar-refractivity contribution is -0.167. The maximum atomic E-state index is 13.3. The zero-order valence-electron chi connectivity index (χ0n) is 17.7. The van der Waals surface area contributed by atoms with Crippen molar-refractivity contribution in [3.63, 3.8) is 0 Å². The minimum atomic E-state index is -0.316. The summed E-state index contributed by atoms with van der Waals surface area (Å²) in [7, 11) is 0. The number of hydrogen-bond acceptors (Lipinski definition) is 3. The second kappa shape index (κ2) is 8.40. The predicted molar refractivity (Wildman–Crippen MR) is 117 cm³/mol. The van der Waals surface area contributed by atoms with Gasteiger partial charge in [0.2, 0.25) is 11.8 Å². The Hall–Kier alpha value is -3.17. The molecule has 1 aliphatic carbocycles. The normalized spacial score (nSPS) is 24.3. The molecule has 32 heavy (non-hydrogen) atoms. The first-order chi connectivity index (χ1) is 15.5. The van der Waals surface area contributed by atoms with Crippen molar-refractivity contribution < 1.29 is 19.1 Å². The number of carbonyl (C=O) groups excluding carboxylic acids is 2. The molecule has 0 spiro atoms. The zero-order chi connectivity index (χ0) is 22.2. The first-order valence-electron chi connectivity index (χ1n) is 11.1. The third kappa shape index (κ3) is 4.01. The molecular formula is C26H25FN2O3. The van der Waals surface area contributed by atoms with Gasteiger partial charge in [0.05, 0.1) is 25.2 Å². The molecule has 164 valence electrons. The van der Waals surface area contributed by atoms with Gasteiger partial charge in [0.1, 0.15) is 5.82 Å². The number of nitrogens with zero attached hydrogens (tertiary/aromatic N) is 2. The summed E-state index contributed by atoms with van der Waals surface area (Å²) in [4.78, 5) is 28.7. The zero-order valence-corrected chi connectivity index (χ0v) is 17.7. The van der Waals surface area contributed by atoms with Gasteiger partial charge in [-0.2, -0.15) is 0 Å². The van der Waals surface area contributed by atoms with E-state index in [0.29, 0.717) is 24.4 Å². The summed E-state index contributed by atoms with van der Waals surface area (Å²) in [6, 6.07) is 13.5. The molecule has 0 bridgehead atoms. The van der Waals surface area contributed by atoms with Gasteiger partial charge in [-0.05, 0) is 54.7 Å². The maximum absolute atomic E-state index is 13.3. The number of piperazine rings is 1. The molecule has 1 saturated carbocycles. The SMILES string of the molecule is O=C(CC1CC1)N1CC(=O)N2[C@H](C1)[C@@H](c1ccc(C#Cc3cccc(F)c3)cc1)[C@@H]2CO. The van der Waals surface area contributed by atoms with Crippen molar-refractivity contribution in [1.82, 2.24) is 9.80 Å². The number of halogens is 1. The van der Waals surface area contributed by atoms with Gasteiger partial charge in [0, 0.05) is 30.0 Å². The van der Waals surface area contributed by atoms with Crippen molar-refractivity contribution in [2.24, 2.45) is 5.92 Å². The van der Waals surface area contributed by atoms with Gasteiger partial charge in [-0.25, -0.2) is 4.39 Å². The van der Waals surface area contributed by atoms with Crippen LogP contribution in [-0.2, 0) is 9.59 Å². The highest BCUT2D eigenvalue weighted by atomic mass is 19.1. The van der Waals surface area contributed by atoms with Crippen LogP contribution in [0, 0.1) is 23.6 Å². The van der Waals surface area contributed by atoms with Crippen LogP contribution < -0.4 is 0 Å². The number of amides is 2. The third-order valence-corrected chi connectivity index (χ3v) is 6.74. The molecule has 2 heterocycles. The fourth-order valence-electron chi connectivity index (χ4n) is 4.89. The Morgan fingerprint density at radius 3 is 2.53 bits per heavy atom. The van der Waals surface area contributed by atoms with Crippen molar-refractivity contribution in [3.05, 3.63) is 71.0 Å². The second-order valence-corrected chi connectivity index (χ2v) is 8.95. The molecule has 0 unspecified atom stereocenters. The maximum Gasteiger partial charge on any atom is 0.242 e. The molecule has 5 nitrogen and oxygen atoms in total. The standard InChI is InChI=1S/C26H25FN2O3/c27-21-3-1-2-18(12-21)5-4-17-8-10-20(11-9-17)26-22-14-28(24(31)13-19-6-7-19)15-25(32)29(22)23(26)16-30/h1-3,8-12,19,22-23,26,30H,6-7,13-16H2/t22-,23+,26-/m1/s1. The average Bonchev–Trinajstić information content (AvgIpc) is 3.58. The minimum Gasteiger partial charge on any atom is -0.394 e. The monoisotopic (exact) mass is 432 g/mol. The van der Waals surface area contributed by atoms with E-state index in [4.69, 9.17) is 0 Å². The summed E-state index contributed by atoms with van der Waals surface area (Å²) < 4.78 is 13.3. The molecule has 1 N–H and O–H groups in total. The van der Waals surface area contributed by atoms with Crippen LogP contribution in [0.4, 0.5) is 4.39 Å². The van der Waals surface area contributed by atoms with E-state index in [1.807, 2.05) is 24.3 Å². The number of hydrogen-bond donors (Lipinski definition) is 1. The quantitative estimate of drug-likeness (QED) is 0.756. The van der Waals surface area contributed by atoms with Crippen LogP contribution in [0.25, 0.3) is 0 Å². The van der Waals surface area contributed by atoms with Crippen molar-refractivity contribution >= 4 is 11.8 Å². The Kier molecular flexibility index (Phi) is 5.44. The molecule has 3 aliphatic rings. The first-order valence-corrected chi connectivity index (χ1v) is 11.1. The van der Waals surface area contributed by atoms with Gasteiger partial charge in [-0.1, -0.05) is 30.0 Å². The molecule has 2 aliphatic heterocycles. The lowest BCUT2D eigenvalue weighted by Crippen LogP contribution is -2.73. The molecule has 0 radical (unpaired) electrons. The van der Waals surface area contributed by atoms with Gasteiger partial charge in [0.25, 0.3) is 0 Å². The summed E-state index contributed by atoms with van der Waals surface area (Å²) in [6.07, 6.45) is 2.74. The van der Waals surface area contributed by atoms with E-state index in [1.54, 1.807) is 21.9 Å². The average molecular weight is 432 g/mol. The highest BCUT2D eigenvalue weighted by Gasteiger charge is 2.54. The summed E-state index contributed by atoms with van der Waals surface area (Å²) >= 11 is 0. The molecule has 3 fully saturated rings. The molecule has 5 rings (SSSR count). The van der Waals surface area contributed by atoms with E-state index in [2.05, 4.69) is 11.8 Å². The van der Waals surface area contributed by atoms with Gasteiger partial charge in [-0.3, -0.25) is 9.59 Å². The Balaban J connectivity index is 1.32. The number of rotatable bonds is 4. The van der Waals surface area contributed by atoms with E-state index >= 15 is 0 Å². The van der Waals surface area contributed by atoms with E-state index < -0.39 is 0 Å². The third-order valence-electron chi connectivity index (χ3n) is 6.74. The summed E-state index contributed by atoms with van der Waals surface area (Å²) in [5.74, 6) is 6.13. The minimum absolute atomic E-state index is 0.0225. The molecule has 2 aromatic carbocycles. The van der Waals surface area contributed by atoms with Crippen LogP contribution >= 0.6 is 0 Å². The van der Waals surface area contributed by atoms with E-state index in [0.717, 1.165) is 24.0 Å². The fourth-order valence-corrected chi connectivity index (χ4v) is 4.89.